The molecular formula is C15H18N6. The van der Waals surface area contributed by atoms with E-state index < -0.39 is 0 Å². The summed E-state index contributed by atoms with van der Waals surface area (Å²) in [7, 11) is 1.93. The Labute approximate surface area is 122 Å². The molecule has 0 atom stereocenters. The highest BCUT2D eigenvalue weighted by atomic mass is 15.2. The van der Waals surface area contributed by atoms with E-state index in [1.54, 1.807) is 0 Å². The van der Waals surface area contributed by atoms with E-state index in [1.165, 1.54) is 0 Å². The first-order valence-corrected chi connectivity index (χ1v) is 7.35. The molecule has 0 aliphatic carbocycles. The van der Waals surface area contributed by atoms with Crippen LogP contribution < -0.4 is 5.32 Å². The van der Waals surface area contributed by atoms with Crippen molar-refractivity contribution in [3.05, 3.63) is 36.7 Å². The van der Waals surface area contributed by atoms with E-state index in [1.807, 2.05) is 47.2 Å². The lowest BCUT2D eigenvalue weighted by atomic mass is 9.92. The summed E-state index contributed by atoms with van der Waals surface area (Å²) in [5.41, 5.74) is 4.49. The SMILES string of the molecule is Cn1cc(-c2cnn3ccnc(C4CCNCC4)c23)cn1. The third-order valence-electron chi connectivity index (χ3n) is 4.20. The Morgan fingerprint density at radius 2 is 2.05 bits per heavy atom. The van der Waals surface area contributed by atoms with E-state index in [2.05, 4.69) is 20.5 Å². The van der Waals surface area contributed by atoms with Crippen LogP contribution in [-0.4, -0.2) is 37.5 Å². The van der Waals surface area contributed by atoms with Crippen LogP contribution in [0.3, 0.4) is 0 Å². The highest BCUT2D eigenvalue weighted by Gasteiger charge is 2.22. The van der Waals surface area contributed by atoms with Crippen molar-refractivity contribution in [2.24, 2.45) is 7.05 Å². The number of aromatic nitrogens is 5. The summed E-state index contributed by atoms with van der Waals surface area (Å²) >= 11 is 0. The van der Waals surface area contributed by atoms with E-state index in [4.69, 9.17) is 0 Å². The number of hydrogen-bond acceptors (Lipinski definition) is 4. The summed E-state index contributed by atoms with van der Waals surface area (Å²) < 4.78 is 3.76. The lowest BCUT2D eigenvalue weighted by molar-refractivity contribution is 0.454. The number of fused-ring (bicyclic) bond motifs is 1. The second-order valence-corrected chi connectivity index (χ2v) is 5.59. The summed E-state index contributed by atoms with van der Waals surface area (Å²) in [5, 5.41) is 12.2. The van der Waals surface area contributed by atoms with Gasteiger partial charge in [-0.15, -0.1) is 0 Å². The van der Waals surface area contributed by atoms with Gasteiger partial charge in [0.1, 0.15) is 0 Å². The first-order chi connectivity index (χ1) is 10.3. The number of nitrogens with zero attached hydrogens (tertiary/aromatic N) is 5. The minimum absolute atomic E-state index is 0.502. The van der Waals surface area contributed by atoms with Crippen LogP contribution in [0.2, 0.25) is 0 Å². The quantitative estimate of drug-likeness (QED) is 0.775. The van der Waals surface area contributed by atoms with Gasteiger partial charge in [-0.05, 0) is 25.9 Å². The molecule has 0 amide bonds. The van der Waals surface area contributed by atoms with Gasteiger partial charge in [-0.2, -0.15) is 10.2 Å². The largest absolute Gasteiger partial charge is 0.317 e. The van der Waals surface area contributed by atoms with Gasteiger partial charge in [-0.1, -0.05) is 0 Å². The van der Waals surface area contributed by atoms with Crippen LogP contribution in [0, 0.1) is 0 Å². The molecule has 1 aliphatic rings. The zero-order valence-corrected chi connectivity index (χ0v) is 12.0. The molecule has 21 heavy (non-hydrogen) atoms. The molecule has 3 aromatic heterocycles. The highest BCUT2D eigenvalue weighted by molar-refractivity contribution is 5.81. The Bertz CT molecular complexity index is 765. The lowest BCUT2D eigenvalue weighted by Crippen LogP contribution is -2.27. The van der Waals surface area contributed by atoms with Gasteiger partial charge in [0.2, 0.25) is 0 Å². The molecule has 6 heteroatoms. The molecule has 0 aromatic carbocycles. The predicted octanol–water partition coefficient (Wildman–Crippen LogP) is 1.60. The average molecular weight is 282 g/mol. The van der Waals surface area contributed by atoms with Crippen molar-refractivity contribution < 1.29 is 0 Å². The van der Waals surface area contributed by atoms with Crippen LogP contribution >= 0.6 is 0 Å². The van der Waals surface area contributed by atoms with E-state index in [9.17, 15) is 0 Å². The number of piperidine rings is 1. The van der Waals surface area contributed by atoms with Crippen molar-refractivity contribution in [1.82, 2.24) is 29.7 Å². The first kappa shape index (κ1) is 12.5. The Kier molecular flexibility index (Phi) is 2.96. The van der Waals surface area contributed by atoms with Gasteiger partial charge in [-0.3, -0.25) is 9.67 Å². The van der Waals surface area contributed by atoms with Crippen LogP contribution in [0.1, 0.15) is 24.5 Å². The van der Waals surface area contributed by atoms with Gasteiger partial charge in [0.25, 0.3) is 0 Å². The second kappa shape index (κ2) is 4.96. The van der Waals surface area contributed by atoms with Crippen LogP contribution in [0.15, 0.2) is 31.0 Å². The zero-order valence-electron chi connectivity index (χ0n) is 12.0. The van der Waals surface area contributed by atoms with Crippen molar-refractivity contribution >= 4 is 5.52 Å². The van der Waals surface area contributed by atoms with Crippen LogP contribution in [-0.2, 0) is 7.05 Å². The molecule has 0 spiro atoms. The molecule has 1 N–H and O–H groups in total. The van der Waals surface area contributed by atoms with Crippen LogP contribution in [0.5, 0.6) is 0 Å². The molecule has 0 radical (unpaired) electrons. The topological polar surface area (TPSA) is 60.0 Å². The summed E-state index contributed by atoms with van der Waals surface area (Å²) in [5.74, 6) is 0.502. The molecule has 0 bridgehead atoms. The Balaban J connectivity index is 1.88. The third-order valence-corrected chi connectivity index (χ3v) is 4.20. The van der Waals surface area contributed by atoms with Crippen molar-refractivity contribution in [3.8, 4) is 11.1 Å². The van der Waals surface area contributed by atoms with Gasteiger partial charge in [0, 0.05) is 42.7 Å². The maximum atomic E-state index is 4.68. The molecule has 0 saturated carbocycles. The highest BCUT2D eigenvalue weighted by Crippen LogP contribution is 2.32. The Morgan fingerprint density at radius 3 is 2.81 bits per heavy atom. The molecular weight excluding hydrogens is 264 g/mol. The first-order valence-electron chi connectivity index (χ1n) is 7.35. The predicted molar refractivity (Wildman–Crippen MR) is 80.0 cm³/mol. The maximum Gasteiger partial charge on any atom is 0.0959 e. The monoisotopic (exact) mass is 282 g/mol. The van der Waals surface area contributed by atoms with Gasteiger partial charge in [0.15, 0.2) is 0 Å². The molecule has 1 fully saturated rings. The van der Waals surface area contributed by atoms with E-state index in [0.717, 1.165) is 48.3 Å². The fraction of sp³-hybridized carbons (Fsp3) is 0.400. The Morgan fingerprint density at radius 1 is 1.19 bits per heavy atom. The fourth-order valence-corrected chi connectivity index (χ4v) is 3.13. The minimum Gasteiger partial charge on any atom is -0.317 e. The van der Waals surface area contributed by atoms with Crippen molar-refractivity contribution in [3.63, 3.8) is 0 Å². The molecule has 0 unspecified atom stereocenters. The average Bonchev–Trinajstić information content (AvgIpc) is 3.13. The van der Waals surface area contributed by atoms with Crippen molar-refractivity contribution in [1.29, 1.82) is 0 Å². The standard InChI is InChI=1S/C15H18N6/c1-20-10-12(8-18-20)13-9-19-21-7-6-17-14(15(13)21)11-2-4-16-5-3-11/h6-11,16H,2-5H2,1H3. The lowest BCUT2D eigenvalue weighted by Gasteiger charge is -2.22. The van der Waals surface area contributed by atoms with E-state index >= 15 is 0 Å². The van der Waals surface area contributed by atoms with E-state index in [-0.39, 0.29) is 0 Å². The zero-order chi connectivity index (χ0) is 14.2. The van der Waals surface area contributed by atoms with Gasteiger partial charge < -0.3 is 5.32 Å². The number of rotatable bonds is 2. The summed E-state index contributed by atoms with van der Waals surface area (Å²) in [6.07, 6.45) is 11.9. The molecule has 4 rings (SSSR count). The van der Waals surface area contributed by atoms with Gasteiger partial charge >= 0.3 is 0 Å². The van der Waals surface area contributed by atoms with Crippen LogP contribution in [0.25, 0.3) is 16.6 Å². The summed E-state index contributed by atoms with van der Waals surface area (Å²) in [6.45, 7) is 2.12. The molecule has 3 aromatic rings. The van der Waals surface area contributed by atoms with Gasteiger partial charge in [-0.25, -0.2) is 4.52 Å². The summed E-state index contributed by atoms with van der Waals surface area (Å²) in [6, 6.07) is 0. The number of aryl methyl sites for hydroxylation is 1. The van der Waals surface area contributed by atoms with Crippen molar-refractivity contribution in [2.45, 2.75) is 18.8 Å². The van der Waals surface area contributed by atoms with Crippen molar-refractivity contribution in [2.75, 3.05) is 13.1 Å². The second-order valence-electron chi connectivity index (χ2n) is 5.59. The van der Waals surface area contributed by atoms with Crippen LogP contribution in [0.4, 0.5) is 0 Å². The molecule has 6 nitrogen and oxygen atoms in total. The van der Waals surface area contributed by atoms with Gasteiger partial charge in [0.05, 0.1) is 23.6 Å². The van der Waals surface area contributed by atoms with E-state index in [0.29, 0.717) is 5.92 Å². The smallest absolute Gasteiger partial charge is 0.0959 e. The fourth-order valence-electron chi connectivity index (χ4n) is 3.13. The molecule has 1 aliphatic heterocycles. The normalized spacial score (nSPS) is 16.6. The number of hydrogen-bond donors (Lipinski definition) is 1. The molecule has 108 valence electrons. The molecule has 1 saturated heterocycles. The third kappa shape index (κ3) is 2.12. The minimum atomic E-state index is 0.502. The maximum absolute atomic E-state index is 4.68. The number of nitrogens with one attached hydrogen (secondary N) is 1. The molecule has 4 heterocycles. The summed E-state index contributed by atoms with van der Waals surface area (Å²) in [4.78, 5) is 4.68. The Hall–Kier alpha value is -2.21.